The lowest BCUT2D eigenvalue weighted by atomic mass is 9.87. The molecule has 0 bridgehead atoms. The van der Waals surface area contributed by atoms with Crippen molar-refractivity contribution in [2.45, 2.75) is 52.1 Å². The van der Waals surface area contributed by atoms with Gasteiger partial charge in [0.15, 0.2) is 11.3 Å². The van der Waals surface area contributed by atoms with Crippen molar-refractivity contribution in [2.75, 3.05) is 59.2 Å². The Morgan fingerprint density at radius 2 is 1.70 bits per heavy atom. The van der Waals surface area contributed by atoms with Crippen molar-refractivity contribution in [1.82, 2.24) is 44.7 Å². The Morgan fingerprint density at radius 3 is 2.38 bits per heavy atom. The zero-order valence-corrected chi connectivity index (χ0v) is 29.1. The number of rotatable bonds is 13. The summed E-state index contributed by atoms with van der Waals surface area (Å²) in [6.45, 7) is 12.1. The Kier molecular flexibility index (Phi) is 11.2. The molecule has 0 aliphatic carbocycles. The van der Waals surface area contributed by atoms with E-state index in [9.17, 15) is 18.8 Å². The summed E-state index contributed by atoms with van der Waals surface area (Å²) < 4.78 is 27.0. The maximum absolute atomic E-state index is 13.9. The zero-order chi connectivity index (χ0) is 36.1. The van der Waals surface area contributed by atoms with Gasteiger partial charge in [-0.15, -0.1) is 5.10 Å². The van der Waals surface area contributed by atoms with Gasteiger partial charge in [0.1, 0.15) is 18.1 Å². The van der Waals surface area contributed by atoms with Crippen molar-refractivity contribution in [1.29, 1.82) is 0 Å². The second-order valence-corrected chi connectivity index (χ2v) is 13.7. The van der Waals surface area contributed by atoms with E-state index >= 15 is 0 Å². The molecule has 3 amide bonds. The number of piperazine rings is 1. The molecule has 2 N–H and O–H groups in total. The summed E-state index contributed by atoms with van der Waals surface area (Å²) in [5, 5.41) is 24.0. The van der Waals surface area contributed by atoms with Crippen molar-refractivity contribution in [3.05, 3.63) is 65.5 Å². The summed E-state index contributed by atoms with van der Waals surface area (Å²) in [6.07, 6.45) is 3.04. The maximum Gasteiger partial charge on any atom is 0.276 e. The third-order valence-corrected chi connectivity index (χ3v) is 8.27. The maximum atomic E-state index is 13.9. The van der Waals surface area contributed by atoms with E-state index in [1.165, 1.54) is 23.0 Å². The predicted octanol–water partition coefficient (Wildman–Crippen LogP) is 1.94. The quantitative estimate of drug-likeness (QED) is 0.198. The third-order valence-electron chi connectivity index (χ3n) is 8.27. The van der Waals surface area contributed by atoms with Crippen LogP contribution >= 0.6 is 0 Å². The Bertz CT molecular complexity index is 1820. The molecule has 1 aliphatic rings. The molecule has 0 spiro atoms. The molecule has 268 valence electrons. The number of fused-ring (bicyclic) bond motifs is 1. The minimum absolute atomic E-state index is 0.0484. The van der Waals surface area contributed by atoms with Crippen LogP contribution in [0.25, 0.3) is 16.9 Å². The summed E-state index contributed by atoms with van der Waals surface area (Å²) >= 11 is 0. The van der Waals surface area contributed by atoms with Crippen LogP contribution in [0.2, 0.25) is 0 Å². The molecule has 0 atom stereocenters. The van der Waals surface area contributed by atoms with Crippen LogP contribution in [0, 0.1) is 5.82 Å². The van der Waals surface area contributed by atoms with E-state index in [1.807, 2.05) is 19.9 Å². The van der Waals surface area contributed by atoms with Gasteiger partial charge in [0, 0.05) is 37.3 Å². The first-order valence-corrected chi connectivity index (χ1v) is 16.5. The molecule has 1 fully saturated rings. The Morgan fingerprint density at radius 1 is 0.980 bits per heavy atom. The van der Waals surface area contributed by atoms with Gasteiger partial charge in [-0.25, -0.2) is 18.6 Å². The number of nitrogens with zero attached hydrogens (tertiary/aromatic N) is 8. The van der Waals surface area contributed by atoms with Crippen LogP contribution in [0.1, 0.15) is 61.2 Å². The number of aliphatic hydroxyl groups excluding tert-OH is 1. The molecule has 4 heterocycles. The van der Waals surface area contributed by atoms with E-state index in [2.05, 4.69) is 36.4 Å². The second-order valence-electron chi connectivity index (χ2n) is 13.7. The van der Waals surface area contributed by atoms with Crippen LogP contribution in [0.4, 0.5) is 4.39 Å². The standard InChI is InChI=1S/C34H44FN9O6/c1-33(2,3)25-18-26(23-6-8-24(35)9-7-23)39-44-20-27(37-30(25)44)32(48)43-12-11-41(22-34(43,4)5)31(47)28-19-42(40-38-28)21-29(46)36-10-14-49-16-17-50-15-13-45/h6-9,18-20,45H,10-17,21-22H2,1-5H3,(H,36,46). The van der Waals surface area contributed by atoms with Gasteiger partial charge in [-0.3, -0.25) is 14.4 Å². The second kappa shape index (κ2) is 15.4. The normalized spacial score (nSPS) is 14.7. The molecule has 0 unspecified atom stereocenters. The van der Waals surface area contributed by atoms with E-state index in [1.54, 1.807) is 32.6 Å². The summed E-state index contributed by atoms with van der Waals surface area (Å²) in [5.74, 6) is -1.29. The fourth-order valence-corrected chi connectivity index (χ4v) is 5.72. The number of hydrogen-bond acceptors (Lipinski definition) is 10. The topological polar surface area (TPSA) is 169 Å². The van der Waals surface area contributed by atoms with Crippen LogP contribution in [-0.2, 0) is 26.2 Å². The van der Waals surface area contributed by atoms with Gasteiger partial charge in [0.2, 0.25) is 5.91 Å². The average molecular weight is 694 g/mol. The Balaban J connectivity index is 1.21. The molecule has 3 aromatic heterocycles. The molecule has 0 radical (unpaired) electrons. The molecule has 50 heavy (non-hydrogen) atoms. The zero-order valence-electron chi connectivity index (χ0n) is 29.1. The molecular weight excluding hydrogens is 649 g/mol. The Hall–Kier alpha value is -4.80. The largest absolute Gasteiger partial charge is 0.394 e. The number of aromatic nitrogens is 6. The minimum atomic E-state index is -0.747. The lowest BCUT2D eigenvalue weighted by Gasteiger charge is -2.46. The van der Waals surface area contributed by atoms with Crippen molar-refractivity contribution in [2.24, 2.45) is 0 Å². The molecule has 1 saturated heterocycles. The molecule has 15 nitrogen and oxygen atoms in total. The van der Waals surface area contributed by atoms with E-state index in [4.69, 9.17) is 24.7 Å². The van der Waals surface area contributed by atoms with Crippen molar-refractivity contribution >= 4 is 23.4 Å². The molecule has 16 heteroatoms. The fourth-order valence-electron chi connectivity index (χ4n) is 5.72. The fraction of sp³-hybridized carbons (Fsp3) is 0.500. The number of amides is 3. The van der Waals surface area contributed by atoms with E-state index in [0.717, 1.165) is 11.1 Å². The summed E-state index contributed by atoms with van der Waals surface area (Å²) in [7, 11) is 0. The monoisotopic (exact) mass is 693 g/mol. The smallest absolute Gasteiger partial charge is 0.276 e. The van der Waals surface area contributed by atoms with Gasteiger partial charge in [0.25, 0.3) is 11.8 Å². The van der Waals surface area contributed by atoms with Crippen molar-refractivity contribution in [3.63, 3.8) is 0 Å². The highest BCUT2D eigenvalue weighted by molar-refractivity contribution is 5.95. The number of halogens is 1. The first-order valence-electron chi connectivity index (χ1n) is 16.5. The minimum Gasteiger partial charge on any atom is -0.394 e. The third kappa shape index (κ3) is 8.67. The molecule has 1 aromatic carbocycles. The SMILES string of the molecule is CC(C)(C)c1cc(-c2ccc(F)cc2)nn2cc(C(=O)N3CCN(C(=O)c4cn(CC(=O)NCCOCCOCCO)nn4)CC3(C)C)nc12. The van der Waals surface area contributed by atoms with Gasteiger partial charge in [-0.1, -0.05) is 26.0 Å². The number of benzene rings is 1. The van der Waals surface area contributed by atoms with Gasteiger partial charge >= 0.3 is 0 Å². The van der Waals surface area contributed by atoms with Crippen LogP contribution in [0.5, 0.6) is 0 Å². The van der Waals surface area contributed by atoms with Gasteiger partial charge in [-0.05, 0) is 49.6 Å². The highest BCUT2D eigenvalue weighted by Crippen LogP contribution is 2.31. The molecule has 4 aromatic rings. The lowest BCUT2D eigenvalue weighted by Crippen LogP contribution is -2.62. The number of carbonyl (C=O) groups is 3. The molecule has 1 aliphatic heterocycles. The van der Waals surface area contributed by atoms with Crippen LogP contribution in [0.15, 0.2) is 42.7 Å². The number of carbonyl (C=O) groups excluding carboxylic acids is 3. The number of aliphatic hydroxyl groups is 1. The lowest BCUT2D eigenvalue weighted by molar-refractivity contribution is -0.122. The van der Waals surface area contributed by atoms with E-state index in [-0.39, 0.29) is 86.3 Å². The predicted molar refractivity (Wildman–Crippen MR) is 180 cm³/mol. The van der Waals surface area contributed by atoms with Gasteiger partial charge in [0.05, 0.1) is 56.7 Å². The van der Waals surface area contributed by atoms with Crippen LogP contribution in [0.3, 0.4) is 0 Å². The summed E-state index contributed by atoms with van der Waals surface area (Å²) in [6, 6.07) is 8.03. The van der Waals surface area contributed by atoms with Gasteiger partial charge < -0.3 is 29.7 Å². The number of nitrogens with one attached hydrogen (secondary N) is 1. The molecule has 0 saturated carbocycles. The highest BCUT2D eigenvalue weighted by atomic mass is 19.1. The number of imidazole rings is 1. The van der Waals surface area contributed by atoms with E-state index < -0.39 is 5.54 Å². The Labute approximate surface area is 289 Å². The summed E-state index contributed by atoms with van der Waals surface area (Å²) in [5.41, 5.74) is 2.07. The average Bonchev–Trinajstić information content (AvgIpc) is 3.71. The van der Waals surface area contributed by atoms with Crippen LogP contribution < -0.4 is 5.32 Å². The first-order chi connectivity index (χ1) is 23.8. The highest BCUT2D eigenvalue weighted by Gasteiger charge is 2.40. The molecular formula is C34H44FN9O6. The van der Waals surface area contributed by atoms with Crippen molar-refractivity contribution in [3.8, 4) is 11.3 Å². The first kappa shape index (κ1) is 36.5. The summed E-state index contributed by atoms with van der Waals surface area (Å²) in [4.78, 5) is 47.7. The van der Waals surface area contributed by atoms with Crippen molar-refractivity contribution < 1.29 is 33.4 Å². The number of hydrogen-bond donors (Lipinski definition) is 2. The van der Waals surface area contributed by atoms with E-state index in [0.29, 0.717) is 31.2 Å². The van der Waals surface area contributed by atoms with Gasteiger partial charge in [-0.2, -0.15) is 5.10 Å². The van der Waals surface area contributed by atoms with Crippen LogP contribution in [-0.4, -0.2) is 127 Å². The number of ether oxygens (including phenoxy) is 2. The molecule has 5 rings (SSSR count).